The molecular formula is C15H12N5NaO3S. The summed E-state index contributed by atoms with van der Waals surface area (Å²) in [6.07, 6.45) is 6.96. The van der Waals surface area contributed by atoms with Crippen molar-refractivity contribution < 1.29 is 44.3 Å². The Morgan fingerprint density at radius 2 is 2.12 bits per heavy atom. The summed E-state index contributed by atoms with van der Waals surface area (Å²) in [5.74, 6) is -0.963. The minimum Gasteiger partial charge on any atom is -0.543 e. The summed E-state index contributed by atoms with van der Waals surface area (Å²) in [5.41, 5.74) is 1.96. The Kier molecular flexibility index (Phi) is 4.67. The number of hydrogen-bond donors (Lipinski definition) is 0. The van der Waals surface area contributed by atoms with Gasteiger partial charge >= 0.3 is 29.6 Å². The van der Waals surface area contributed by atoms with E-state index in [9.17, 15) is 14.7 Å². The summed E-state index contributed by atoms with van der Waals surface area (Å²) in [5, 5.41) is 12.1. The second-order valence-corrected chi connectivity index (χ2v) is 6.50. The van der Waals surface area contributed by atoms with Crippen molar-refractivity contribution in [2.75, 3.05) is 0 Å². The molecule has 10 heteroatoms. The number of carbonyl (C=O) groups is 2. The fraction of sp³-hybridized carbons (Fsp3) is 0.200. The number of rotatable bonds is 3. The smallest absolute Gasteiger partial charge is 0.543 e. The molecule has 2 aromatic rings. The minimum absolute atomic E-state index is 0. The van der Waals surface area contributed by atoms with Crippen molar-refractivity contribution in [1.82, 2.24) is 24.0 Å². The molecule has 0 aliphatic carbocycles. The van der Waals surface area contributed by atoms with Gasteiger partial charge < -0.3 is 19.0 Å². The number of β-lactam (4-membered cyclic amide) rings is 1. The third kappa shape index (κ3) is 2.77. The van der Waals surface area contributed by atoms with Crippen molar-refractivity contribution >= 4 is 29.7 Å². The largest absolute Gasteiger partial charge is 1.00 e. The van der Waals surface area contributed by atoms with E-state index < -0.39 is 5.97 Å². The molecule has 4 rings (SSSR count). The van der Waals surface area contributed by atoms with Gasteiger partial charge in [-0.1, -0.05) is 0 Å². The fourth-order valence-electron chi connectivity index (χ4n) is 2.74. The van der Waals surface area contributed by atoms with E-state index in [-0.39, 0.29) is 46.5 Å². The van der Waals surface area contributed by atoms with E-state index in [1.807, 2.05) is 29.4 Å². The summed E-state index contributed by atoms with van der Waals surface area (Å²) < 4.78 is 3.68. The van der Waals surface area contributed by atoms with E-state index in [4.69, 9.17) is 0 Å². The van der Waals surface area contributed by atoms with Gasteiger partial charge in [-0.3, -0.25) is 9.69 Å². The maximum atomic E-state index is 12.2. The predicted octanol–water partition coefficient (Wildman–Crippen LogP) is -3.29. The summed E-state index contributed by atoms with van der Waals surface area (Å²) in [7, 11) is 3.72. The van der Waals surface area contributed by atoms with Gasteiger partial charge in [0.1, 0.15) is 11.1 Å². The van der Waals surface area contributed by atoms with Crippen molar-refractivity contribution in [2.24, 2.45) is 14.1 Å². The van der Waals surface area contributed by atoms with Gasteiger partial charge in [-0.2, -0.15) is 0 Å². The molecule has 0 N–H and O–H groups in total. The monoisotopic (exact) mass is 365 g/mol. The second kappa shape index (κ2) is 6.49. The molecule has 8 nitrogen and oxygen atoms in total. The predicted molar refractivity (Wildman–Crippen MR) is 84.7 cm³/mol. The summed E-state index contributed by atoms with van der Waals surface area (Å²) in [6.45, 7) is 0. The number of aliphatic carboxylic acids is 1. The van der Waals surface area contributed by atoms with Crippen LogP contribution in [0, 0.1) is 0 Å². The molecule has 2 aliphatic rings. The number of carbonyl (C=O) groups excluding carboxylic acids is 2. The molecule has 4 heterocycles. The van der Waals surface area contributed by atoms with E-state index in [0.29, 0.717) is 11.4 Å². The molecule has 1 fully saturated rings. The van der Waals surface area contributed by atoms with Crippen LogP contribution in [0.5, 0.6) is 0 Å². The quantitative estimate of drug-likeness (QED) is 0.322. The molecule has 0 saturated carbocycles. The van der Waals surface area contributed by atoms with Crippen molar-refractivity contribution in [3.05, 3.63) is 41.1 Å². The van der Waals surface area contributed by atoms with Crippen molar-refractivity contribution in [1.29, 1.82) is 0 Å². The molecule has 1 saturated heterocycles. The van der Waals surface area contributed by atoms with Crippen LogP contribution in [0.4, 0.5) is 0 Å². The van der Waals surface area contributed by atoms with Crippen LogP contribution in [0.15, 0.2) is 35.4 Å². The Balaban J connectivity index is 0.00000182. The summed E-state index contributed by atoms with van der Waals surface area (Å²) in [6, 6.07) is 0. The third-order valence-corrected chi connectivity index (χ3v) is 5.09. The SMILES string of the molecule is Cn1cnc(-c2ncc(/C=C3/C(=O)N4C(C(=O)[O-])=CSC34)n2C)c1.[Na+]. The number of amides is 1. The van der Waals surface area contributed by atoms with Gasteiger partial charge in [-0.15, -0.1) is 11.8 Å². The van der Waals surface area contributed by atoms with Crippen LogP contribution in [0.2, 0.25) is 0 Å². The van der Waals surface area contributed by atoms with E-state index in [1.54, 1.807) is 18.6 Å². The van der Waals surface area contributed by atoms with Crippen molar-refractivity contribution in [3.8, 4) is 11.5 Å². The van der Waals surface area contributed by atoms with Crippen LogP contribution < -0.4 is 34.7 Å². The van der Waals surface area contributed by atoms with E-state index >= 15 is 0 Å². The zero-order valence-corrected chi connectivity index (χ0v) is 16.6. The summed E-state index contributed by atoms with van der Waals surface area (Å²) >= 11 is 1.28. The number of fused-ring (bicyclic) bond motifs is 1. The number of nitrogens with zero attached hydrogens (tertiary/aromatic N) is 5. The molecule has 2 aliphatic heterocycles. The first-order valence-electron chi connectivity index (χ1n) is 7.09. The normalized spacial score (nSPS) is 20.2. The Morgan fingerprint density at radius 3 is 2.76 bits per heavy atom. The number of carboxylic acid groups (broad SMARTS) is 1. The molecular weight excluding hydrogens is 353 g/mol. The van der Waals surface area contributed by atoms with Gasteiger partial charge in [0.05, 0.1) is 35.5 Å². The van der Waals surface area contributed by atoms with Gasteiger partial charge in [0, 0.05) is 20.3 Å². The average Bonchev–Trinajstić information content (AvgIpc) is 3.22. The third-order valence-electron chi connectivity index (χ3n) is 4.01. The summed E-state index contributed by atoms with van der Waals surface area (Å²) in [4.78, 5) is 33.1. The molecule has 0 radical (unpaired) electrons. The first kappa shape index (κ1) is 18.0. The number of aromatic nitrogens is 4. The molecule has 122 valence electrons. The first-order chi connectivity index (χ1) is 11.5. The zero-order chi connectivity index (χ0) is 17.0. The van der Waals surface area contributed by atoms with Crippen LogP contribution in [-0.2, 0) is 23.7 Å². The van der Waals surface area contributed by atoms with Gasteiger partial charge in [0.15, 0.2) is 5.82 Å². The minimum atomic E-state index is -1.34. The number of thioether (sulfide) groups is 1. The Labute approximate surface area is 169 Å². The number of aryl methyl sites for hydroxylation is 1. The van der Waals surface area contributed by atoms with Crippen LogP contribution in [0.25, 0.3) is 17.6 Å². The zero-order valence-electron chi connectivity index (χ0n) is 13.8. The van der Waals surface area contributed by atoms with Crippen LogP contribution in [0.3, 0.4) is 0 Å². The van der Waals surface area contributed by atoms with Gasteiger partial charge in [0.25, 0.3) is 5.91 Å². The average molecular weight is 365 g/mol. The molecule has 1 unspecified atom stereocenters. The fourth-order valence-corrected chi connectivity index (χ4v) is 3.86. The number of imidazole rings is 2. The van der Waals surface area contributed by atoms with Gasteiger partial charge in [-0.05, 0) is 11.5 Å². The molecule has 25 heavy (non-hydrogen) atoms. The van der Waals surface area contributed by atoms with Crippen molar-refractivity contribution in [3.63, 3.8) is 0 Å². The molecule has 0 bridgehead atoms. The van der Waals surface area contributed by atoms with Gasteiger partial charge in [-0.25, -0.2) is 9.97 Å². The van der Waals surface area contributed by atoms with E-state index in [2.05, 4.69) is 9.97 Å². The van der Waals surface area contributed by atoms with Crippen LogP contribution in [0.1, 0.15) is 5.69 Å². The van der Waals surface area contributed by atoms with Gasteiger partial charge in [0.2, 0.25) is 0 Å². The molecule has 1 atom stereocenters. The maximum absolute atomic E-state index is 12.2. The molecule has 1 amide bonds. The first-order valence-corrected chi connectivity index (χ1v) is 8.04. The number of carboxylic acids is 1. The molecule has 2 aromatic heterocycles. The van der Waals surface area contributed by atoms with E-state index in [1.165, 1.54) is 22.1 Å². The van der Waals surface area contributed by atoms with Crippen molar-refractivity contribution in [2.45, 2.75) is 5.37 Å². The molecule has 0 aromatic carbocycles. The Bertz CT molecular complexity index is 945. The number of hydrogen-bond acceptors (Lipinski definition) is 6. The van der Waals surface area contributed by atoms with Crippen LogP contribution in [-0.4, -0.2) is 41.3 Å². The van der Waals surface area contributed by atoms with E-state index in [0.717, 1.165) is 11.4 Å². The standard InChI is InChI=1S/C15H13N5O3S.Na/c1-18-5-10(17-7-18)12-16-4-8(19(12)2)3-9-13(21)20-11(15(22)23)6-24-14(9)20;/h3-7,14H,1-2H3,(H,22,23);/q;+1/p-1/b9-3-;. The second-order valence-electron chi connectivity index (χ2n) is 5.54. The Hall–Kier alpha value is -1.81. The molecule has 0 spiro atoms. The topological polar surface area (TPSA) is 96.1 Å². The Morgan fingerprint density at radius 1 is 1.36 bits per heavy atom. The van der Waals surface area contributed by atoms with Crippen LogP contribution >= 0.6 is 11.8 Å². The maximum Gasteiger partial charge on any atom is 1.00 e.